The molecule has 1 heterocycles. The molecule has 0 spiro atoms. The maximum Gasteiger partial charge on any atom is 0.137 e. The maximum atomic E-state index is 5.56. The van der Waals surface area contributed by atoms with Gasteiger partial charge in [0, 0.05) is 6.20 Å². The van der Waals surface area contributed by atoms with E-state index in [9.17, 15) is 0 Å². The van der Waals surface area contributed by atoms with Crippen molar-refractivity contribution in [1.29, 1.82) is 0 Å². The molecule has 0 aliphatic carbocycles. The number of hydrogen-bond donors (Lipinski definition) is 1. The van der Waals surface area contributed by atoms with E-state index in [2.05, 4.69) is 37.1 Å². The van der Waals surface area contributed by atoms with E-state index in [0.717, 1.165) is 38.3 Å². The van der Waals surface area contributed by atoms with Gasteiger partial charge in [0.15, 0.2) is 0 Å². The van der Waals surface area contributed by atoms with Gasteiger partial charge in [-0.1, -0.05) is 20.8 Å². The quantitative estimate of drug-likeness (QED) is 0.705. The second-order valence-electron chi connectivity index (χ2n) is 4.73. The molecule has 3 heteroatoms. The zero-order valence-electron chi connectivity index (χ0n) is 11.2. The van der Waals surface area contributed by atoms with E-state index in [1.54, 1.807) is 6.20 Å². The Morgan fingerprint density at radius 3 is 2.88 bits per heavy atom. The fourth-order valence-electron chi connectivity index (χ4n) is 1.52. The van der Waals surface area contributed by atoms with Crippen molar-refractivity contribution in [2.24, 2.45) is 5.92 Å². The second kappa shape index (κ2) is 8.07. The summed E-state index contributed by atoms with van der Waals surface area (Å²) in [4.78, 5) is 4.20. The van der Waals surface area contributed by atoms with Crippen molar-refractivity contribution in [3.63, 3.8) is 0 Å². The van der Waals surface area contributed by atoms with Crippen LogP contribution in [0.2, 0.25) is 0 Å². The monoisotopic (exact) mass is 236 g/mol. The number of nitrogens with zero attached hydrogens (tertiary/aromatic N) is 1. The molecule has 3 nitrogen and oxygen atoms in total. The molecule has 1 N–H and O–H groups in total. The Balaban J connectivity index is 2.32. The summed E-state index contributed by atoms with van der Waals surface area (Å²) < 4.78 is 5.56. The summed E-state index contributed by atoms with van der Waals surface area (Å²) >= 11 is 0. The smallest absolute Gasteiger partial charge is 0.137 e. The van der Waals surface area contributed by atoms with Crippen LogP contribution in [-0.2, 0) is 6.42 Å². The topological polar surface area (TPSA) is 34.1 Å². The van der Waals surface area contributed by atoms with Crippen molar-refractivity contribution in [2.45, 2.75) is 33.6 Å². The number of rotatable bonds is 8. The van der Waals surface area contributed by atoms with Crippen LogP contribution in [0.15, 0.2) is 18.5 Å². The third kappa shape index (κ3) is 6.27. The highest BCUT2D eigenvalue weighted by Crippen LogP contribution is 2.11. The van der Waals surface area contributed by atoms with Crippen molar-refractivity contribution < 1.29 is 4.74 Å². The van der Waals surface area contributed by atoms with Crippen LogP contribution in [-0.4, -0.2) is 24.7 Å². The Hall–Kier alpha value is -1.09. The zero-order chi connectivity index (χ0) is 12.5. The van der Waals surface area contributed by atoms with Crippen LogP contribution in [0.5, 0.6) is 5.75 Å². The van der Waals surface area contributed by atoms with E-state index in [4.69, 9.17) is 4.74 Å². The first kappa shape index (κ1) is 14.0. The van der Waals surface area contributed by atoms with E-state index < -0.39 is 0 Å². The first-order chi connectivity index (χ1) is 8.22. The SMILES string of the molecule is CCCOc1cncc(CCNCC(C)C)c1. The lowest BCUT2D eigenvalue weighted by Gasteiger charge is -2.08. The van der Waals surface area contributed by atoms with Crippen LogP contribution in [0.4, 0.5) is 0 Å². The van der Waals surface area contributed by atoms with Crippen molar-refractivity contribution in [2.75, 3.05) is 19.7 Å². The lowest BCUT2D eigenvalue weighted by molar-refractivity contribution is 0.316. The summed E-state index contributed by atoms with van der Waals surface area (Å²) in [5.41, 5.74) is 1.23. The first-order valence-corrected chi connectivity index (χ1v) is 6.49. The minimum atomic E-state index is 0.701. The fourth-order valence-corrected chi connectivity index (χ4v) is 1.52. The number of pyridine rings is 1. The fraction of sp³-hybridized carbons (Fsp3) is 0.643. The molecule has 0 unspecified atom stereocenters. The van der Waals surface area contributed by atoms with Crippen LogP contribution in [0.1, 0.15) is 32.8 Å². The van der Waals surface area contributed by atoms with Gasteiger partial charge in [-0.3, -0.25) is 4.98 Å². The minimum absolute atomic E-state index is 0.701. The number of nitrogens with one attached hydrogen (secondary N) is 1. The van der Waals surface area contributed by atoms with Gasteiger partial charge in [-0.05, 0) is 43.5 Å². The predicted octanol–water partition coefficient (Wildman–Crippen LogP) is 2.66. The summed E-state index contributed by atoms with van der Waals surface area (Å²) in [7, 11) is 0. The van der Waals surface area contributed by atoms with Crippen molar-refractivity contribution in [1.82, 2.24) is 10.3 Å². The van der Waals surface area contributed by atoms with Gasteiger partial charge in [0.1, 0.15) is 5.75 Å². The summed E-state index contributed by atoms with van der Waals surface area (Å²) in [6.45, 7) is 9.36. The molecular weight excluding hydrogens is 212 g/mol. The normalized spacial score (nSPS) is 10.8. The van der Waals surface area contributed by atoms with Gasteiger partial charge in [0.05, 0.1) is 12.8 Å². The van der Waals surface area contributed by atoms with Gasteiger partial charge in [0.2, 0.25) is 0 Å². The van der Waals surface area contributed by atoms with E-state index >= 15 is 0 Å². The Kier molecular flexibility index (Phi) is 6.63. The van der Waals surface area contributed by atoms with E-state index in [-0.39, 0.29) is 0 Å². The van der Waals surface area contributed by atoms with Crippen molar-refractivity contribution in [3.05, 3.63) is 24.0 Å². The van der Waals surface area contributed by atoms with Gasteiger partial charge in [-0.15, -0.1) is 0 Å². The molecule has 17 heavy (non-hydrogen) atoms. The van der Waals surface area contributed by atoms with Crippen LogP contribution < -0.4 is 10.1 Å². The van der Waals surface area contributed by atoms with Gasteiger partial charge >= 0.3 is 0 Å². The Morgan fingerprint density at radius 1 is 1.35 bits per heavy atom. The van der Waals surface area contributed by atoms with Crippen LogP contribution >= 0.6 is 0 Å². The predicted molar refractivity (Wildman–Crippen MR) is 71.4 cm³/mol. The van der Waals surface area contributed by atoms with Crippen LogP contribution in [0.3, 0.4) is 0 Å². The van der Waals surface area contributed by atoms with Gasteiger partial charge in [-0.2, -0.15) is 0 Å². The Labute approximate surface area is 105 Å². The molecule has 96 valence electrons. The molecule has 0 saturated heterocycles. The second-order valence-corrected chi connectivity index (χ2v) is 4.73. The van der Waals surface area contributed by atoms with E-state index in [1.165, 1.54) is 5.56 Å². The summed E-state index contributed by atoms with van der Waals surface area (Å²) in [5, 5.41) is 3.43. The zero-order valence-corrected chi connectivity index (χ0v) is 11.2. The largest absolute Gasteiger partial charge is 0.492 e. The molecule has 0 amide bonds. The molecule has 0 aliphatic rings. The van der Waals surface area contributed by atoms with Gasteiger partial charge in [-0.25, -0.2) is 0 Å². The third-order valence-corrected chi connectivity index (χ3v) is 2.39. The highest BCUT2D eigenvalue weighted by Gasteiger charge is 1.98. The average molecular weight is 236 g/mol. The highest BCUT2D eigenvalue weighted by atomic mass is 16.5. The first-order valence-electron chi connectivity index (χ1n) is 6.49. The van der Waals surface area contributed by atoms with Crippen molar-refractivity contribution >= 4 is 0 Å². The van der Waals surface area contributed by atoms with Gasteiger partial charge in [0.25, 0.3) is 0 Å². The molecule has 0 aliphatic heterocycles. The summed E-state index contributed by atoms with van der Waals surface area (Å²) in [6.07, 6.45) is 5.72. The summed E-state index contributed by atoms with van der Waals surface area (Å²) in [6, 6.07) is 2.08. The maximum absolute atomic E-state index is 5.56. The average Bonchev–Trinajstić information content (AvgIpc) is 2.32. The lowest BCUT2D eigenvalue weighted by atomic mass is 10.2. The third-order valence-electron chi connectivity index (χ3n) is 2.39. The molecule has 0 atom stereocenters. The lowest BCUT2D eigenvalue weighted by Crippen LogP contribution is -2.22. The van der Waals surface area contributed by atoms with Gasteiger partial charge < -0.3 is 10.1 Å². The molecule has 1 aromatic rings. The van der Waals surface area contributed by atoms with E-state index in [0.29, 0.717) is 5.92 Å². The summed E-state index contributed by atoms with van der Waals surface area (Å²) in [5.74, 6) is 1.58. The van der Waals surface area contributed by atoms with E-state index in [1.807, 2.05) is 6.20 Å². The minimum Gasteiger partial charge on any atom is -0.492 e. The van der Waals surface area contributed by atoms with Crippen LogP contribution in [0, 0.1) is 5.92 Å². The number of aromatic nitrogens is 1. The Morgan fingerprint density at radius 2 is 2.18 bits per heavy atom. The Bertz CT molecular complexity index is 313. The molecule has 0 fully saturated rings. The molecule has 0 saturated carbocycles. The molecule has 0 aromatic carbocycles. The number of ether oxygens (including phenoxy) is 1. The standard InChI is InChI=1S/C14H24N2O/c1-4-7-17-14-8-13(10-16-11-14)5-6-15-9-12(2)3/h8,10-12,15H,4-7,9H2,1-3H3. The highest BCUT2D eigenvalue weighted by molar-refractivity contribution is 5.23. The molecule has 1 rings (SSSR count). The van der Waals surface area contributed by atoms with Crippen LogP contribution in [0.25, 0.3) is 0 Å². The van der Waals surface area contributed by atoms with Crippen molar-refractivity contribution in [3.8, 4) is 5.75 Å². The molecule has 1 aromatic heterocycles. The molecular formula is C14H24N2O. The number of hydrogen-bond acceptors (Lipinski definition) is 3. The molecule has 0 radical (unpaired) electrons. The molecule has 0 bridgehead atoms.